The van der Waals surface area contributed by atoms with Gasteiger partial charge in [0.15, 0.2) is 11.6 Å². The van der Waals surface area contributed by atoms with Crippen LogP contribution in [0.15, 0.2) is 0 Å². The third-order valence-corrected chi connectivity index (χ3v) is 4.96. The highest BCUT2D eigenvalue weighted by Crippen LogP contribution is 2.25. The van der Waals surface area contributed by atoms with Crippen LogP contribution in [-0.4, -0.2) is 48.6 Å². The molecule has 0 heterocycles. The number of ketones is 2. The van der Waals surface area contributed by atoms with Gasteiger partial charge in [-0.3, -0.25) is 14.4 Å². The fraction of sp³-hybridized carbons (Fsp3) is 0.864. The van der Waals surface area contributed by atoms with E-state index in [9.17, 15) is 14.4 Å². The summed E-state index contributed by atoms with van der Waals surface area (Å²) >= 11 is 0. The molecule has 6 heteroatoms. The van der Waals surface area contributed by atoms with Gasteiger partial charge in [-0.25, -0.2) is 0 Å². The number of ether oxygens (including phenoxy) is 2. The van der Waals surface area contributed by atoms with E-state index in [1.54, 1.807) is 14.0 Å². The van der Waals surface area contributed by atoms with Crippen LogP contribution in [0.4, 0.5) is 0 Å². The predicted octanol–water partition coefficient (Wildman–Crippen LogP) is 4.97. The van der Waals surface area contributed by atoms with Crippen molar-refractivity contribution in [2.24, 2.45) is 0 Å². The van der Waals surface area contributed by atoms with Crippen molar-refractivity contribution in [2.45, 2.75) is 110 Å². The van der Waals surface area contributed by atoms with Gasteiger partial charge in [0, 0.05) is 14.2 Å². The number of hydrogen-bond acceptors (Lipinski definition) is 5. The van der Waals surface area contributed by atoms with Gasteiger partial charge >= 0.3 is 5.97 Å². The van der Waals surface area contributed by atoms with Crippen molar-refractivity contribution in [3.63, 3.8) is 0 Å². The molecular formula is C22H42O6. The average Bonchev–Trinajstić information content (AvgIpc) is 2.64. The normalized spacial score (nSPS) is 13.8. The van der Waals surface area contributed by atoms with Gasteiger partial charge in [-0.05, 0) is 26.7 Å². The Kier molecular flexibility index (Phi) is 18.4. The Morgan fingerprint density at radius 2 is 1.43 bits per heavy atom. The number of rotatable bonds is 16. The van der Waals surface area contributed by atoms with Gasteiger partial charge in [-0.1, -0.05) is 65.2 Å². The molecule has 0 saturated carbocycles. The molecule has 0 aromatic rings. The zero-order valence-electron chi connectivity index (χ0n) is 18.8. The lowest BCUT2D eigenvalue weighted by Gasteiger charge is -2.28. The molecule has 0 rings (SSSR count). The summed E-state index contributed by atoms with van der Waals surface area (Å²) in [5, 5.41) is 8.80. The largest absolute Gasteiger partial charge is 0.481 e. The van der Waals surface area contributed by atoms with Gasteiger partial charge in [0.25, 0.3) is 0 Å². The summed E-state index contributed by atoms with van der Waals surface area (Å²) in [5.41, 5.74) is -1.13. The molecule has 166 valence electrons. The fourth-order valence-electron chi connectivity index (χ4n) is 3.03. The van der Waals surface area contributed by atoms with Crippen molar-refractivity contribution in [1.29, 1.82) is 0 Å². The van der Waals surface area contributed by atoms with E-state index in [0.717, 1.165) is 38.5 Å². The van der Waals surface area contributed by atoms with Crippen LogP contribution in [-0.2, 0) is 23.9 Å². The topological polar surface area (TPSA) is 89.9 Å². The van der Waals surface area contributed by atoms with Crippen molar-refractivity contribution >= 4 is 17.5 Å². The molecule has 0 amide bonds. The molecule has 0 aliphatic heterocycles. The van der Waals surface area contributed by atoms with Crippen molar-refractivity contribution in [1.82, 2.24) is 0 Å². The Hall–Kier alpha value is -1.27. The standard InChI is InChI=1S/C12H22O4.C10H20O2/c1-4-5-6-7-8-12(16-3,10(2)13)9-11(14)15;1-4-5-6-7-8-10(12-3)9(2)11/h4-9H2,1-3H3,(H,14,15);10H,4-8H2,1-3H3. The molecule has 0 radical (unpaired) electrons. The van der Waals surface area contributed by atoms with Crippen LogP contribution in [0.25, 0.3) is 0 Å². The second-order valence-corrected chi connectivity index (χ2v) is 7.32. The number of carbonyl (C=O) groups excluding carboxylic acids is 2. The Bertz CT molecular complexity index is 435. The molecule has 2 atom stereocenters. The molecule has 0 aliphatic rings. The van der Waals surface area contributed by atoms with Gasteiger partial charge in [0.2, 0.25) is 0 Å². The smallest absolute Gasteiger partial charge is 0.306 e. The SMILES string of the molecule is CCCCCCC(CC(=O)O)(OC)C(C)=O.CCCCCCC(OC)C(C)=O. The van der Waals surface area contributed by atoms with E-state index in [0.29, 0.717) is 6.42 Å². The van der Waals surface area contributed by atoms with E-state index < -0.39 is 11.6 Å². The van der Waals surface area contributed by atoms with Crippen LogP contribution in [0, 0.1) is 0 Å². The monoisotopic (exact) mass is 402 g/mol. The molecule has 28 heavy (non-hydrogen) atoms. The molecule has 0 aromatic carbocycles. The van der Waals surface area contributed by atoms with Crippen molar-refractivity contribution in [3.05, 3.63) is 0 Å². The number of Topliss-reactive ketones (excluding diaryl/α,β-unsaturated/α-hetero) is 2. The Labute approximate surface area is 171 Å². The van der Waals surface area contributed by atoms with Crippen molar-refractivity contribution in [3.8, 4) is 0 Å². The summed E-state index contributed by atoms with van der Waals surface area (Å²) in [6, 6.07) is 0. The number of carboxylic acid groups (broad SMARTS) is 1. The Morgan fingerprint density at radius 3 is 1.79 bits per heavy atom. The van der Waals surface area contributed by atoms with Crippen LogP contribution >= 0.6 is 0 Å². The van der Waals surface area contributed by atoms with Gasteiger partial charge < -0.3 is 14.6 Å². The maximum absolute atomic E-state index is 11.5. The molecular weight excluding hydrogens is 360 g/mol. The highest BCUT2D eigenvalue weighted by atomic mass is 16.5. The van der Waals surface area contributed by atoms with Crippen LogP contribution < -0.4 is 0 Å². The summed E-state index contributed by atoms with van der Waals surface area (Å²) < 4.78 is 10.2. The maximum Gasteiger partial charge on any atom is 0.306 e. The van der Waals surface area contributed by atoms with E-state index in [1.807, 2.05) is 0 Å². The Morgan fingerprint density at radius 1 is 0.893 bits per heavy atom. The van der Waals surface area contributed by atoms with Crippen molar-refractivity contribution in [2.75, 3.05) is 14.2 Å². The number of methoxy groups -OCH3 is 2. The second kappa shape index (κ2) is 17.8. The summed E-state index contributed by atoms with van der Waals surface area (Å²) in [7, 11) is 3.01. The summed E-state index contributed by atoms with van der Waals surface area (Å²) in [4.78, 5) is 33.2. The average molecular weight is 403 g/mol. The molecule has 0 saturated heterocycles. The van der Waals surface area contributed by atoms with Gasteiger partial charge in [-0.2, -0.15) is 0 Å². The number of carboxylic acids is 1. The van der Waals surface area contributed by atoms with E-state index >= 15 is 0 Å². The number of unbranched alkanes of at least 4 members (excludes halogenated alkanes) is 6. The van der Waals surface area contributed by atoms with E-state index in [4.69, 9.17) is 14.6 Å². The van der Waals surface area contributed by atoms with E-state index in [-0.39, 0.29) is 24.1 Å². The zero-order valence-corrected chi connectivity index (χ0v) is 18.8. The minimum absolute atomic E-state index is 0.147. The third kappa shape index (κ3) is 13.8. The first-order valence-electron chi connectivity index (χ1n) is 10.5. The third-order valence-electron chi connectivity index (χ3n) is 4.96. The highest BCUT2D eigenvalue weighted by Gasteiger charge is 2.37. The molecule has 0 aromatic heterocycles. The first kappa shape index (κ1) is 28.9. The minimum Gasteiger partial charge on any atom is -0.481 e. The molecule has 0 aliphatic carbocycles. The molecule has 0 bridgehead atoms. The maximum atomic E-state index is 11.5. The Balaban J connectivity index is 0. The minimum atomic E-state index is -1.13. The van der Waals surface area contributed by atoms with E-state index in [1.165, 1.54) is 33.3 Å². The lowest BCUT2D eigenvalue weighted by Crippen LogP contribution is -2.41. The molecule has 0 spiro atoms. The quantitative estimate of drug-likeness (QED) is 0.367. The fourth-order valence-corrected chi connectivity index (χ4v) is 3.03. The van der Waals surface area contributed by atoms with Gasteiger partial charge in [0.05, 0.1) is 6.42 Å². The van der Waals surface area contributed by atoms with Gasteiger partial charge in [0.1, 0.15) is 11.7 Å². The van der Waals surface area contributed by atoms with Crippen LogP contribution in [0.5, 0.6) is 0 Å². The number of hydrogen-bond donors (Lipinski definition) is 1. The summed E-state index contributed by atoms with van der Waals surface area (Å²) in [6.07, 6.45) is 9.82. The summed E-state index contributed by atoms with van der Waals surface area (Å²) in [6.45, 7) is 7.27. The van der Waals surface area contributed by atoms with Crippen LogP contribution in [0.3, 0.4) is 0 Å². The molecule has 6 nitrogen and oxygen atoms in total. The highest BCUT2D eigenvalue weighted by molar-refractivity contribution is 5.89. The molecule has 2 unspecified atom stereocenters. The number of aliphatic carboxylic acids is 1. The second-order valence-electron chi connectivity index (χ2n) is 7.32. The van der Waals surface area contributed by atoms with Crippen LogP contribution in [0.1, 0.15) is 98.3 Å². The first-order valence-corrected chi connectivity index (χ1v) is 10.5. The lowest BCUT2D eigenvalue weighted by molar-refractivity contribution is -0.154. The summed E-state index contributed by atoms with van der Waals surface area (Å²) in [5.74, 6) is -1.05. The predicted molar refractivity (Wildman–Crippen MR) is 112 cm³/mol. The lowest BCUT2D eigenvalue weighted by atomic mass is 9.88. The van der Waals surface area contributed by atoms with E-state index in [2.05, 4.69) is 13.8 Å². The molecule has 0 fully saturated rings. The molecule has 1 N–H and O–H groups in total. The first-order chi connectivity index (χ1) is 13.2. The zero-order chi connectivity index (χ0) is 22.0. The number of carbonyl (C=O) groups is 3. The van der Waals surface area contributed by atoms with Crippen LogP contribution in [0.2, 0.25) is 0 Å². The van der Waals surface area contributed by atoms with Crippen molar-refractivity contribution < 1.29 is 29.0 Å². The van der Waals surface area contributed by atoms with Gasteiger partial charge in [-0.15, -0.1) is 0 Å².